The number of carbonyl (C=O) groups is 1. The van der Waals surface area contributed by atoms with Crippen molar-refractivity contribution in [2.45, 2.75) is 12.5 Å². The maximum absolute atomic E-state index is 13.1. The number of rotatable bonds is 8. The maximum Gasteiger partial charge on any atom is 0.247 e. The Kier molecular flexibility index (Phi) is 6.88. The molecular weight excluding hydrogens is 412 g/mol. The summed E-state index contributed by atoms with van der Waals surface area (Å²) in [7, 11) is 1.91. The van der Waals surface area contributed by atoms with Crippen LogP contribution in [0.2, 0.25) is 0 Å². The van der Waals surface area contributed by atoms with Crippen molar-refractivity contribution in [3.05, 3.63) is 102 Å². The summed E-state index contributed by atoms with van der Waals surface area (Å²) < 4.78 is 1.87. The fourth-order valence-corrected chi connectivity index (χ4v) is 3.49. The van der Waals surface area contributed by atoms with E-state index in [-0.39, 0.29) is 5.91 Å². The van der Waals surface area contributed by atoms with Crippen LogP contribution in [0.15, 0.2) is 85.5 Å². The van der Waals surface area contributed by atoms with Gasteiger partial charge in [0.1, 0.15) is 11.9 Å². The molecule has 1 amide bonds. The van der Waals surface area contributed by atoms with Gasteiger partial charge in [-0.1, -0.05) is 42.5 Å². The molecule has 2 aromatic carbocycles. The van der Waals surface area contributed by atoms with Gasteiger partial charge in [0, 0.05) is 31.5 Å². The molecule has 0 saturated carbocycles. The van der Waals surface area contributed by atoms with E-state index in [0.717, 1.165) is 28.8 Å². The average Bonchev–Trinajstić information content (AvgIpc) is 3.29. The van der Waals surface area contributed by atoms with Crippen LogP contribution in [0.4, 0.5) is 5.82 Å². The second kappa shape index (κ2) is 10.4. The predicted molar refractivity (Wildman–Crippen MR) is 127 cm³/mol. The number of amides is 1. The first kappa shape index (κ1) is 21.9. The van der Waals surface area contributed by atoms with Crippen molar-refractivity contribution >= 4 is 11.7 Å². The number of nitrogens with one attached hydrogen (secondary N) is 2. The van der Waals surface area contributed by atoms with Gasteiger partial charge in [-0.15, -0.1) is 0 Å². The van der Waals surface area contributed by atoms with E-state index < -0.39 is 6.04 Å². The van der Waals surface area contributed by atoms with Crippen LogP contribution in [0.5, 0.6) is 0 Å². The minimum Gasteiger partial charge on any atom is -0.340 e. The van der Waals surface area contributed by atoms with Crippen molar-refractivity contribution in [1.82, 2.24) is 19.9 Å². The van der Waals surface area contributed by atoms with Crippen LogP contribution in [-0.2, 0) is 18.3 Å². The summed E-state index contributed by atoms with van der Waals surface area (Å²) in [6.45, 7) is 0.602. The van der Waals surface area contributed by atoms with E-state index in [0.29, 0.717) is 17.9 Å². The largest absolute Gasteiger partial charge is 0.340 e. The molecule has 2 N–H and O–H groups in total. The van der Waals surface area contributed by atoms with E-state index in [2.05, 4.69) is 26.7 Å². The second-order valence-corrected chi connectivity index (χ2v) is 7.70. The van der Waals surface area contributed by atoms with E-state index in [4.69, 9.17) is 5.26 Å². The van der Waals surface area contributed by atoms with E-state index >= 15 is 0 Å². The van der Waals surface area contributed by atoms with E-state index in [1.165, 1.54) is 0 Å². The van der Waals surface area contributed by atoms with E-state index in [1.54, 1.807) is 30.7 Å². The van der Waals surface area contributed by atoms with Crippen molar-refractivity contribution in [3.63, 3.8) is 0 Å². The molecule has 2 heterocycles. The fourth-order valence-electron chi connectivity index (χ4n) is 3.49. The van der Waals surface area contributed by atoms with Gasteiger partial charge in [0.05, 0.1) is 23.7 Å². The molecule has 33 heavy (non-hydrogen) atoms. The Morgan fingerprint density at radius 2 is 1.85 bits per heavy atom. The molecule has 1 unspecified atom stereocenters. The number of carbonyl (C=O) groups excluding carboxylic acids is 1. The molecule has 7 nitrogen and oxygen atoms in total. The molecule has 0 bridgehead atoms. The number of imidazole rings is 1. The maximum atomic E-state index is 13.1. The van der Waals surface area contributed by atoms with Gasteiger partial charge in [0.15, 0.2) is 0 Å². The summed E-state index contributed by atoms with van der Waals surface area (Å²) in [6.07, 6.45) is 6.09. The third-order valence-electron chi connectivity index (χ3n) is 5.26. The zero-order chi connectivity index (χ0) is 23.0. The highest BCUT2D eigenvalue weighted by atomic mass is 16.2. The summed E-state index contributed by atoms with van der Waals surface area (Å²) in [4.78, 5) is 21.8. The number of hydrogen-bond donors (Lipinski definition) is 2. The fraction of sp³-hybridized carbons (Fsp3) is 0.154. The monoisotopic (exact) mass is 436 g/mol. The lowest BCUT2D eigenvalue weighted by Crippen LogP contribution is -2.34. The summed E-state index contributed by atoms with van der Waals surface area (Å²) in [5.41, 5.74) is 4.32. The van der Waals surface area contributed by atoms with Crippen molar-refractivity contribution in [3.8, 4) is 17.3 Å². The summed E-state index contributed by atoms with van der Waals surface area (Å²) in [6, 6.07) is 22.3. The molecular formula is C26H24N6O. The van der Waals surface area contributed by atoms with Crippen LogP contribution in [0.3, 0.4) is 0 Å². The molecule has 4 aromatic rings. The van der Waals surface area contributed by atoms with Gasteiger partial charge >= 0.3 is 0 Å². The van der Waals surface area contributed by atoms with Crippen LogP contribution in [0.25, 0.3) is 11.3 Å². The Morgan fingerprint density at radius 1 is 1.06 bits per heavy atom. The van der Waals surface area contributed by atoms with Crippen LogP contribution >= 0.6 is 0 Å². The molecule has 164 valence electrons. The number of anilines is 1. The minimum atomic E-state index is -0.526. The zero-order valence-corrected chi connectivity index (χ0v) is 18.3. The van der Waals surface area contributed by atoms with Crippen molar-refractivity contribution < 1.29 is 4.79 Å². The van der Waals surface area contributed by atoms with Crippen LogP contribution in [0, 0.1) is 11.3 Å². The normalized spacial score (nSPS) is 11.5. The second-order valence-electron chi connectivity index (χ2n) is 7.70. The minimum absolute atomic E-state index is 0.181. The van der Waals surface area contributed by atoms with Crippen LogP contribution in [0.1, 0.15) is 22.7 Å². The van der Waals surface area contributed by atoms with Crippen molar-refractivity contribution in [2.75, 3.05) is 11.9 Å². The smallest absolute Gasteiger partial charge is 0.247 e. The Hall–Kier alpha value is -4.28. The van der Waals surface area contributed by atoms with Crippen molar-refractivity contribution in [1.29, 1.82) is 5.26 Å². The SMILES string of the molecule is Cn1cnc(-c2ccc(NC(=O)C(NCCc3ccc(C#N)cc3)c3ccccc3)nc2)c1. The van der Waals surface area contributed by atoms with Gasteiger partial charge in [-0.3, -0.25) is 4.79 Å². The number of benzene rings is 2. The Bertz CT molecular complexity index is 1240. The molecule has 0 spiro atoms. The van der Waals surface area contributed by atoms with Gasteiger partial charge in [0.25, 0.3) is 0 Å². The summed E-state index contributed by atoms with van der Waals surface area (Å²) in [5.74, 6) is 0.300. The van der Waals surface area contributed by atoms with Gasteiger partial charge in [-0.05, 0) is 41.8 Å². The number of nitrogens with zero attached hydrogens (tertiary/aromatic N) is 4. The van der Waals surface area contributed by atoms with Gasteiger partial charge in [-0.2, -0.15) is 5.26 Å². The molecule has 0 aliphatic rings. The van der Waals surface area contributed by atoms with Crippen molar-refractivity contribution in [2.24, 2.45) is 7.05 Å². The molecule has 7 heteroatoms. The highest BCUT2D eigenvalue weighted by Gasteiger charge is 2.20. The van der Waals surface area contributed by atoms with E-state index in [1.807, 2.05) is 66.3 Å². The molecule has 1 atom stereocenters. The number of hydrogen-bond acceptors (Lipinski definition) is 5. The lowest BCUT2D eigenvalue weighted by Gasteiger charge is -2.19. The van der Waals surface area contributed by atoms with E-state index in [9.17, 15) is 4.79 Å². The predicted octanol–water partition coefficient (Wildman–Crippen LogP) is 3.87. The number of nitriles is 1. The number of pyridine rings is 1. The first-order valence-electron chi connectivity index (χ1n) is 10.6. The zero-order valence-electron chi connectivity index (χ0n) is 18.3. The van der Waals surface area contributed by atoms with Gasteiger partial charge in [-0.25, -0.2) is 9.97 Å². The third kappa shape index (κ3) is 5.70. The number of aryl methyl sites for hydroxylation is 1. The third-order valence-corrected chi connectivity index (χ3v) is 5.26. The van der Waals surface area contributed by atoms with Crippen LogP contribution < -0.4 is 10.6 Å². The molecule has 0 saturated heterocycles. The van der Waals surface area contributed by atoms with Crippen LogP contribution in [-0.4, -0.2) is 27.0 Å². The molecule has 0 aliphatic heterocycles. The lowest BCUT2D eigenvalue weighted by atomic mass is 10.1. The highest BCUT2D eigenvalue weighted by Crippen LogP contribution is 2.19. The molecule has 4 rings (SSSR count). The first-order valence-corrected chi connectivity index (χ1v) is 10.6. The topological polar surface area (TPSA) is 95.6 Å². The Balaban J connectivity index is 1.42. The lowest BCUT2D eigenvalue weighted by molar-refractivity contribution is -0.118. The molecule has 0 aliphatic carbocycles. The summed E-state index contributed by atoms with van der Waals surface area (Å²) in [5, 5.41) is 15.2. The molecule has 0 radical (unpaired) electrons. The van der Waals surface area contributed by atoms with Gasteiger partial charge in [0.2, 0.25) is 5.91 Å². The quantitative estimate of drug-likeness (QED) is 0.437. The average molecular weight is 437 g/mol. The first-order chi connectivity index (χ1) is 16.1. The van der Waals surface area contributed by atoms with Gasteiger partial charge < -0.3 is 15.2 Å². The standard InChI is InChI=1S/C26H24N6O/c1-32-17-23(30-18-32)22-11-12-24(29-16-22)31-26(33)25(21-5-3-2-4-6-21)28-14-13-19-7-9-20(15-27)10-8-19/h2-12,16-18,25,28H,13-14H2,1H3,(H,29,31,33). The molecule has 2 aromatic heterocycles. The summed E-state index contributed by atoms with van der Waals surface area (Å²) >= 11 is 0. The molecule has 0 fully saturated rings. The number of aromatic nitrogens is 3. The Morgan fingerprint density at radius 3 is 2.48 bits per heavy atom. The Labute approximate surface area is 192 Å². The highest BCUT2D eigenvalue weighted by molar-refractivity contribution is 5.94.